The number of benzene rings is 1. The second-order valence-corrected chi connectivity index (χ2v) is 6.70. The third kappa shape index (κ3) is 3.26. The molecule has 0 atom stereocenters. The second-order valence-electron chi connectivity index (χ2n) is 6.70. The maximum absolute atomic E-state index is 12.3. The van der Waals surface area contributed by atoms with Crippen LogP contribution in [0.15, 0.2) is 36.5 Å². The maximum atomic E-state index is 12.3. The van der Waals surface area contributed by atoms with E-state index in [1.54, 1.807) is 10.9 Å². The first-order valence-corrected chi connectivity index (χ1v) is 8.73. The summed E-state index contributed by atoms with van der Waals surface area (Å²) in [6.45, 7) is 2.84. The highest BCUT2D eigenvalue weighted by atomic mass is 16.2. The topological polar surface area (TPSA) is 71.3 Å². The molecule has 2 aliphatic heterocycles. The molecular formula is C18H21N5O2. The van der Waals surface area contributed by atoms with Crippen molar-refractivity contribution in [3.63, 3.8) is 0 Å². The summed E-state index contributed by atoms with van der Waals surface area (Å²) >= 11 is 0. The van der Waals surface area contributed by atoms with Crippen molar-refractivity contribution in [3.8, 4) is 0 Å². The van der Waals surface area contributed by atoms with Crippen LogP contribution in [0, 0.1) is 0 Å². The average molecular weight is 339 g/mol. The van der Waals surface area contributed by atoms with Gasteiger partial charge in [0, 0.05) is 26.2 Å². The van der Waals surface area contributed by atoms with Crippen LogP contribution in [0.3, 0.4) is 0 Å². The van der Waals surface area contributed by atoms with Gasteiger partial charge in [-0.15, -0.1) is 5.10 Å². The van der Waals surface area contributed by atoms with Crippen LogP contribution in [-0.2, 0) is 11.2 Å². The zero-order valence-corrected chi connectivity index (χ0v) is 14.0. The van der Waals surface area contributed by atoms with E-state index in [1.807, 2.05) is 40.1 Å². The van der Waals surface area contributed by atoms with Crippen LogP contribution in [0.2, 0.25) is 0 Å². The van der Waals surface area contributed by atoms with Gasteiger partial charge >= 0.3 is 0 Å². The van der Waals surface area contributed by atoms with Crippen molar-refractivity contribution in [2.24, 2.45) is 0 Å². The first-order chi connectivity index (χ1) is 12.2. The lowest BCUT2D eigenvalue weighted by Gasteiger charge is -2.39. The quantitative estimate of drug-likeness (QED) is 0.837. The van der Waals surface area contributed by atoms with E-state index in [4.69, 9.17) is 0 Å². The lowest BCUT2D eigenvalue weighted by atomic mass is 10.1. The van der Waals surface area contributed by atoms with Gasteiger partial charge in [-0.1, -0.05) is 35.5 Å². The van der Waals surface area contributed by atoms with E-state index >= 15 is 0 Å². The van der Waals surface area contributed by atoms with Gasteiger partial charge in [-0.3, -0.25) is 9.59 Å². The van der Waals surface area contributed by atoms with Crippen molar-refractivity contribution in [1.82, 2.24) is 24.8 Å². The van der Waals surface area contributed by atoms with Crippen LogP contribution in [0.1, 0.15) is 34.9 Å². The number of carbonyl (C=O) groups excluding carboxylic acids is 2. The summed E-state index contributed by atoms with van der Waals surface area (Å²) in [6.07, 6.45) is 4.25. The minimum absolute atomic E-state index is 0.0416. The lowest BCUT2D eigenvalue weighted by Crippen LogP contribution is -2.51. The number of rotatable bonds is 4. The van der Waals surface area contributed by atoms with E-state index < -0.39 is 0 Å². The molecule has 1 aromatic heterocycles. The second kappa shape index (κ2) is 6.66. The molecule has 2 fully saturated rings. The molecule has 2 saturated heterocycles. The minimum atomic E-state index is -0.0416. The Balaban J connectivity index is 1.32. The number of likely N-dealkylation sites (tertiary alicyclic amines) is 2. The average Bonchev–Trinajstić information content (AvgIpc) is 3.26. The Hall–Kier alpha value is -2.70. The molecule has 2 amide bonds. The van der Waals surface area contributed by atoms with Gasteiger partial charge in [0.2, 0.25) is 5.91 Å². The monoisotopic (exact) mass is 339 g/mol. The molecule has 0 aliphatic carbocycles. The molecule has 2 aromatic rings. The third-order valence-corrected chi connectivity index (χ3v) is 4.91. The molecule has 25 heavy (non-hydrogen) atoms. The number of nitrogens with zero attached hydrogens (tertiary/aromatic N) is 5. The van der Waals surface area contributed by atoms with Crippen LogP contribution in [0.25, 0.3) is 0 Å². The third-order valence-electron chi connectivity index (χ3n) is 4.91. The van der Waals surface area contributed by atoms with Gasteiger partial charge in [-0.25, -0.2) is 4.68 Å². The van der Waals surface area contributed by atoms with E-state index in [0.717, 1.165) is 31.5 Å². The number of amides is 2. The first-order valence-electron chi connectivity index (χ1n) is 8.73. The number of carbonyl (C=O) groups is 2. The molecule has 130 valence electrons. The Kier molecular flexibility index (Phi) is 4.21. The molecule has 0 bridgehead atoms. The summed E-state index contributed by atoms with van der Waals surface area (Å²) in [5, 5.41) is 8.11. The zero-order chi connectivity index (χ0) is 17.2. The summed E-state index contributed by atoms with van der Waals surface area (Å²) in [6, 6.07) is 9.85. The minimum Gasteiger partial charge on any atom is -0.338 e. The van der Waals surface area contributed by atoms with Gasteiger partial charge in [0.1, 0.15) is 0 Å². The number of hydrogen-bond acceptors (Lipinski definition) is 4. The van der Waals surface area contributed by atoms with Crippen LogP contribution in [0.4, 0.5) is 0 Å². The molecule has 0 unspecified atom stereocenters. The lowest BCUT2D eigenvalue weighted by molar-refractivity contribution is -0.136. The van der Waals surface area contributed by atoms with Gasteiger partial charge in [0.15, 0.2) is 5.69 Å². The van der Waals surface area contributed by atoms with Crippen molar-refractivity contribution in [2.75, 3.05) is 26.2 Å². The Morgan fingerprint density at radius 3 is 2.48 bits per heavy atom. The number of aromatic nitrogens is 3. The first kappa shape index (κ1) is 15.8. The SMILES string of the molecule is O=C(Cc1ccccc1)N1CC(n2cc(C(=O)N3CCCC3)nn2)C1. The highest BCUT2D eigenvalue weighted by Gasteiger charge is 2.33. The summed E-state index contributed by atoms with van der Waals surface area (Å²) in [4.78, 5) is 28.2. The molecule has 0 N–H and O–H groups in total. The Labute approximate surface area is 146 Å². The largest absolute Gasteiger partial charge is 0.338 e. The molecule has 0 radical (unpaired) electrons. The van der Waals surface area contributed by atoms with Crippen LogP contribution >= 0.6 is 0 Å². The van der Waals surface area contributed by atoms with Crippen molar-refractivity contribution in [1.29, 1.82) is 0 Å². The molecule has 0 saturated carbocycles. The molecule has 1 aromatic carbocycles. The number of hydrogen-bond donors (Lipinski definition) is 0. The Morgan fingerprint density at radius 2 is 1.76 bits per heavy atom. The van der Waals surface area contributed by atoms with E-state index in [-0.39, 0.29) is 17.9 Å². The molecule has 7 heteroatoms. The molecule has 3 heterocycles. The van der Waals surface area contributed by atoms with Gasteiger partial charge in [-0.2, -0.15) is 0 Å². The van der Waals surface area contributed by atoms with Crippen molar-refractivity contribution < 1.29 is 9.59 Å². The van der Waals surface area contributed by atoms with Crippen molar-refractivity contribution in [3.05, 3.63) is 47.8 Å². The smallest absolute Gasteiger partial charge is 0.276 e. The zero-order valence-electron chi connectivity index (χ0n) is 14.0. The fourth-order valence-corrected chi connectivity index (χ4v) is 3.34. The van der Waals surface area contributed by atoms with Crippen LogP contribution in [-0.4, -0.2) is 62.8 Å². The van der Waals surface area contributed by atoms with E-state index in [9.17, 15) is 9.59 Å². The van der Waals surface area contributed by atoms with E-state index in [0.29, 0.717) is 25.2 Å². The molecule has 2 aliphatic rings. The Bertz CT molecular complexity index is 761. The van der Waals surface area contributed by atoms with Crippen LogP contribution in [0.5, 0.6) is 0 Å². The fourth-order valence-electron chi connectivity index (χ4n) is 3.34. The van der Waals surface area contributed by atoms with Gasteiger partial charge in [0.05, 0.1) is 18.7 Å². The normalized spacial score (nSPS) is 17.6. The highest BCUT2D eigenvalue weighted by molar-refractivity contribution is 5.92. The van der Waals surface area contributed by atoms with Gasteiger partial charge < -0.3 is 9.80 Å². The summed E-state index contributed by atoms with van der Waals surface area (Å²) in [5.41, 5.74) is 1.42. The molecule has 7 nitrogen and oxygen atoms in total. The molecule has 4 rings (SSSR count). The van der Waals surface area contributed by atoms with Gasteiger partial charge in [0.25, 0.3) is 5.91 Å². The summed E-state index contributed by atoms with van der Waals surface area (Å²) in [5.74, 6) is 0.0796. The van der Waals surface area contributed by atoms with Crippen LogP contribution < -0.4 is 0 Å². The predicted octanol–water partition coefficient (Wildman–Crippen LogP) is 1.14. The van der Waals surface area contributed by atoms with Crippen molar-refractivity contribution in [2.45, 2.75) is 25.3 Å². The van der Waals surface area contributed by atoms with E-state index in [1.165, 1.54) is 0 Å². The molecule has 0 spiro atoms. The maximum Gasteiger partial charge on any atom is 0.276 e. The van der Waals surface area contributed by atoms with Crippen molar-refractivity contribution >= 4 is 11.8 Å². The standard InChI is InChI=1S/C18H21N5O2/c24-17(10-14-6-2-1-3-7-14)22-11-15(12-22)23-13-16(19-20-23)18(25)21-8-4-5-9-21/h1-3,6-7,13,15H,4-5,8-12H2. The Morgan fingerprint density at radius 1 is 1.04 bits per heavy atom. The fraction of sp³-hybridized carbons (Fsp3) is 0.444. The summed E-state index contributed by atoms with van der Waals surface area (Å²) < 4.78 is 1.72. The highest BCUT2D eigenvalue weighted by Crippen LogP contribution is 2.22. The molecular weight excluding hydrogens is 318 g/mol. The summed E-state index contributed by atoms with van der Waals surface area (Å²) in [7, 11) is 0. The van der Waals surface area contributed by atoms with E-state index in [2.05, 4.69) is 10.3 Å². The van der Waals surface area contributed by atoms with Gasteiger partial charge in [-0.05, 0) is 18.4 Å². The predicted molar refractivity (Wildman–Crippen MR) is 90.9 cm³/mol.